The van der Waals surface area contributed by atoms with Gasteiger partial charge in [-0.05, 0) is 37.0 Å². The van der Waals surface area contributed by atoms with Crippen LogP contribution in [0.2, 0.25) is 0 Å². The van der Waals surface area contributed by atoms with Crippen LogP contribution in [0, 0.1) is 11.3 Å². The Morgan fingerprint density at radius 2 is 2.09 bits per heavy atom. The molecule has 1 aromatic heterocycles. The van der Waals surface area contributed by atoms with Gasteiger partial charge < -0.3 is 9.47 Å². The summed E-state index contributed by atoms with van der Waals surface area (Å²) in [6, 6.07) is 0. The molecule has 2 saturated carbocycles. The summed E-state index contributed by atoms with van der Waals surface area (Å²) >= 11 is 0. The predicted molar refractivity (Wildman–Crippen MR) is 83.2 cm³/mol. The minimum absolute atomic E-state index is 0.248. The van der Waals surface area contributed by atoms with Gasteiger partial charge in [0.2, 0.25) is 5.91 Å². The molecule has 0 radical (unpaired) electrons. The third-order valence-electron chi connectivity index (χ3n) is 6.07. The molecule has 2 heterocycles. The lowest BCUT2D eigenvalue weighted by Gasteiger charge is -2.37. The Morgan fingerprint density at radius 1 is 1.32 bits per heavy atom. The number of carbonyl (C=O) groups excluding carboxylic acids is 1. The van der Waals surface area contributed by atoms with E-state index in [1.807, 2.05) is 7.05 Å². The average molecular weight is 302 g/mol. The van der Waals surface area contributed by atoms with Crippen LogP contribution >= 0.6 is 0 Å². The molecule has 0 aromatic carbocycles. The summed E-state index contributed by atoms with van der Waals surface area (Å²) in [4.78, 5) is 14.7. The number of aromatic nitrogens is 3. The Hall–Kier alpha value is -1.39. The first-order valence-corrected chi connectivity index (χ1v) is 8.80. The molecule has 3 aliphatic rings. The van der Waals surface area contributed by atoms with E-state index in [9.17, 15) is 4.79 Å². The maximum Gasteiger partial charge on any atom is 0.222 e. The van der Waals surface area contributed by atoms with Crippen LogP contribution in [0.4, 0.5) is 0 Å². The van der Waals surface area contributed by atoms with Crippen molar-refractivity contribution in [1.29, 1.82) is 0 Å². The molecule has 1 aliphatic heterocycles. The van der Waals surface area contributed by atoms with Crippen LogP contribution in [0.25, 0.3) is 0 Å². The number of aryl methyl sites for hydroxylation is 1. The summed E-state index contributed by atoms with van der Waals surface area (Å²) in [6.07, 6.45) is 11.4. The van der Waals surface area contributed by atoms with Crippen LogP contribution < -0.4 is 0 Å². The molecule has 5 heteroatoms. The lowest BCUT2D eigenvalue weighted by atomic mass is 9.67. The normalized spacial score (nSPS) is 27.5. The third-order valence-corrected chi connectivity index (χ3v) is 6.07. The van der Waals surface area contributed by atoms with Crippen LogP contribution in [-0.4, -0.2) is 38.7 Å². The second-order valence-corrected chi connectivity index (χ2v) is 7.70. The number of hydrogen-bond donors (Lipinski definition) is 0. The molecule has 120 valence electrons. The summed E-state index contributed by atoms with van der Waals surface area (Å²) in [6.45, 7) is 1.79. The van der Waals surface area contributed by atoms with E-state index in [1.165, 1.54) is 44.9 Å². The Bertz CT molecular complexity index is 557. The van der Waals surface area contributed by atoms with E-state index in [0.29, 0.717) is 17.7 Å². The van der Waals surface area contributed by atoms with Gasteiger partial charge in [0.25, 0.3) is 0 Å². The summed E-state index contributed by atoms with van der Waals surface area (Å²) in [5, 5.41) is 8.47. The summed E-state index contributed by atoms with van der Waals surface area (Å²) in [7, 11) is 2.03. The molecule has 0 bridgehead atoms. The first-order valence-electron chi connectivity index (χ1n) is 8.80. The summed E-state index contributed by atoms with van der Waals surface area (Å²) < 4.78 is 2.05. The van der Waals surface area contributed by atoms with Crippen molar-refractivity contribution in [2.75, 3.05) is 13.1 Å². The standard InChI is InChI=1S/C17H26N4O/c1-20-12-18-19-16(20)14-10-21(15(22)9-13-5-6-13)11-17(14)7-3-2-4-8-17/h12-14H,2-11H2,1H3. The molecular formula is C17H26N4O. The van der Waals surface area contributed by atoms with E-state index >= 15 is 0 Å². The smallest absolute Gasteiger partial charge is 0.222 e. The minimum atomic E-state index is 0.248. The van der Waals surface area contributed by atoms with Gasteiger partial charge in [0.1, 0.15) is 12.2 Å². The molecule has 22 heavy (non-hydrogen) atoms. The first-order chi connectivity index (χ1) is 10.7. The van der Waals surface area contributed by atoms with E-state index in [0.717, 1.165) is 25.3 Å². The van der Waals surface area contributed by atoms with Gasteiger partial charge >= 0.3 is 0 Å². The van der Waals surface area contributed by atoms with Crippen LogP contribution in [0.3, 0.4) is 0 Å². The van der Waals surface area contributed by atoms with Crippen molar-refractivity contribution in [3.8, 4) is 0 Å². The third kappa shape index (κ3) is 2.44. The van der Waals surface area contributed by atoms with E-state index in [1.54, 1.807) is 6.33 Å². The van der Waals surface area contributed by atoms with Gasteiger partial charge in [0.15, 0.2) is 0 Å². The SMILES string of the molecule is Cn1cnnc1C1CN(C(=O)CC2CC2)CC12CCCCC2. The van der Waals surface area contributed by atoms with Gasteiger partial charge in [-0.25, -0.2) is 0 Å². The Balaban J connectivity index is 1.59. The number of likely N-dealkylation sites (tertiary alicyclic amines) is 1. The highest BCUT2D eigenvalue weighted by Gasteiger charge is 2.50. The minimum Gasteiger partial charge on any atom is -0.341 e. The number of rotatable bonds is 3. The average Bonchev–Trinajstić information content (AvgIpc) is 3.12. The number of hydrogen-bond acceptors (Lipinski definition) is 3. The zero-order valence-electron chi connectivity index (χ0n) is 13.5. The topological polar surface area (TPSA) is 51.0 Å². The van der Waals surface area contributed by atoms with E-state index in [2.05, 4.69) is 19.7 Å². The fourth-order valence-electron chi connectivity index (χ4n) is 4.58. The van der Waals surface area contributed by atoms with Gasteiger partial charge in [0, 0.05) is 32.5 Å². The molecule has 5 nitrogen and oxygen atoms in total. The quantitative estimate of drug-likeness (QED) is 0.862. The maximum absolute atomic E-state index is 12.6. The van der Waals surface area contributed by atoms with Crippen LogP contribution in [-0.2, 0) is 11.8 Å². The second-order valence-electron chi connectivity index (χ2n) is 7.70. The molecule has 1 atom stereocenters. The maximum atomic E-state index is 12.6. The molecule has 1 spiro atoms. The van der Waals surface area contributed by atoms with Crippen molar-refractivity contribution in [3.05, 3.63) is 12.2 Å². The van der Waals surface area contributed by atoms with Crippen molar-refractivity contribution < 1.29 is 4.79 Å². The highest BCUT2D eigenvalue weighted by molar-refractivity contribution is 5.77. The zero-order valence-corrected chi connectivity index (χ0v) is 13.5. The number of amides is 1. The molecular weight excluding hydrogens is 276 g/mol. The Kier molecular flexibility index (Phi) is 3.46. The van der Waals surface area contributed by atoms with Crippen molar-refractivity contribution in [2.45, 2.75) is 57.3 Å². The van der Waals surface area contributed by atoms with E-state index < -0.39 is 0 Å². The molecule has 4 rings (SSSR count). The fraction of sp³-hybridized carbons (Fsp3) is 0.824. The monoisotopic (exact) mass is 302 g/mol. The Morgan fingerprint density at radius 3 is 2.73 bits per heavy atom. The van der Waals surface area contributed by atoms with Crippen molar-refractivity contribution in [3.63, 3.8) is 0 Å². The lowest BCUT2D eigenvalue weighted by Crippen LogP contribution is -2.34. The van der Waals surface area contributed by atoms with Crippen molar-refractivity contribution in [1.82, 2.24) is 19.7 Å². The molecule has 2 aliphatic carbocycles. The van der Waals surface area contributed by atoms with Crippen LogP contribution in [0.1, 0.15) is 63.1 Å². The highest BCUT2D eigenvalue weighted by atomic mass is 16.2. The zero-order chi connectivity index (χ0) is 15.2. The molecule has 1 aromatic rings. The Labute approximate surface area is 132 Å². The van der Waals surface area contributed by atoms with Crippen molar-refractivity contribution in [2.24, 2.45) is 18.4 Å². The largest absolute Gasteiger partial charge is 0.341 e. The molecule has 1 saturated heterocycles. The predicted octanol–water partition coefficient (Wildman–Crippen LogP) is 2.49. The number of carbonyl (C=O) groups is 1. The van der Waals surface area contributed by atoms with Gasteiger partial charge in [-0.1, -0.05) is 19.3 Å². The highest BCUT2D eigenvalue weighted by Crippen LogP contribution is 2.51. The second kappa shape index (κ2) is 5.36. The first kappa shape index (κ1) is 14.2. The fourth-order valence-corrected chi connectivity index (χ4v) is 4.58. The van der Waals surface area contributed by atoms with Gasteiger partial charge in [0.05, 0.1) is 0 Å². The van der Waals surface area contributed by atoms with E-state index in [-0.39, 0.29) is 5.41 Å². The summed E-state index contributed by atoms with van der Waals surface area (Å²) in [5.74, 6) is 2.48. The van der Waals surface area contributed by atoms with Gasteiger partial charge in [-0.2, -0.15) is 0 Å². The van der Waals surface area contributed by atoms with Gasteiger partial charge in [-0.3, -0.25) is 4.79 Å². The van der Waals surface area contributed by atoms with Gasteiger partial charge in [-0.15, -0.1) is 10.2 Å². The van der Waals surface area contributed by atoms with Crippen LogP contribution in [0.15, 0.2) is 6.33 Å². The van der Waals surface area contributed by atoms with Crippen molar-refractivity contribution >= 4 is 5.91 Å². The molecule has 0 N–H and O–H groups in total. The van der Waals surface area contributed by atoms with E-state index in [4.69, 9.17) is 0 Å². The molecule has 3 fully saturated rings. The summed E-state index contributed by atoms with van der Waals surface area (Å²) in [5.41, 5.74) is 0.248. The molecule has 1 amide bonds. The molecule has 1 unspecified atom stereocenters. The van der Waals surface area contributed by atoms with Crippen LogP contribution in [0.5, 0.6) is 0 Å². The number of nitrogens with zero attached hydrogens (tertiary/aromatic N) is 4. The lowest BCUT2D eigenvalue weighted by molar-refractivity contribution is -0.131.